The largest absolute Gasteiger partial charge is 0.481 e. The van der Waals surface area contributed by atoms with Gasteiger partial charge in [0.2, 0.25) is 0 Å². The Morgan fingerprint density at radius 1 is 1.40 bits per heavy atom. The zero-order chi connectivity index (χ0) is 11.3. The smallest absolute Gasteiger partial charge is 0.310 e. The van der Waals surface area contributed by atoms with Gasteiger partial charge in [-0.05, 0) is 18.6 Å². The molecule has 0 aliphatic rings. The van der Waals surface area contributed by atoms with E-state index in [1.165, 1.54) is 0 Å². The lowest BCUT2D eigenvalue weighted by Crippen LogP contribution is -2.11. The number of benzene rings is 1. The normalized spacial score (nSPS) is 13.3. The Hall–Kier alpha value is -1.77. The lowest BCUT2D eigenvalue weighted by Gasteiger charge is -2.08. The molecular formula is C12H15NO2. The van der Waals surface area contributed by atoms with E-state index in [0.717, 1.165) is 11.3 Å². The number of hydrogen-bond donors (Lipinski definition) is 2. The van der Waals surface area contributed by atoms with Gasteiger partial charge in [-0.25, -0.2) is 0 Å². The molecule has 0 aromatic heterocycles. The average molecular weight is 205 g/mol. The van der Waals surface area contributed by atoms with Gasteiger partial charge >= 0.3 is 5.97 Å². The van der Waals surface area contributed by atoms with Crippen molar-refractivity contribution >= 4 is 11.7 Å². The summed E-state index contributed by atoms with van der Waals surface area (Å²) in [6, 6.07) is 9.66. The highest BCUT2D eigenvalue weighted by Gasteiger charge is 2.09. The van der Waals surface area contributed by atoms with Crippen molar-refractivity contribution < 1.29 is 9.90 Å². The zero-order valence-electron chi connectivity index (χ0n) is 8.90. The first-order valence-corrected chi connectivity index (χ1v) is 4.83. The Morgan fingerprint density at radius 2 is 2.00 bits per heavy atom. The molecule has 1 atom stereocenters. The number of nitrogens with one attached hydrogen (secondary N) is 1. The van der Waals surface area contributed by atoms with Crippen molar-refractivity contribution in [3.8, 4) is 0 Å². The van der Waals surface area contributed by atoms with Crippen LogP contribution in [0.15, 0.2) is 36.4 Å². The molecule has 1 aromatic rings. The van der Waals surface area contributed by atoms with Gasteiger partial charge in [-0.1, -0.05) is 30.3 Å². The number of rotatable bonds is 4. The van der Waals surface area contributed by atoms with Gasteiger partial charge in [0, 0.05) is 12.7 Å². The van der Waals surface area contributed by atoms with Crippen LogP contribution in [-0.4, -0.2) is 18.1 Å². The molecule has 0 saturated heterocycles. The van der Waals surface area contributed by atoms with Crippen LogP contribution in [0.3, 0.4) is 0 Å². The predicted molar refractivity (Wildman–Crippen MR) is 60.3 cm³/mol. The van der Waals surface area contributed by atoms with Crippen LogP contribution in [0, 0.1) is 5.92 Å². The molecule has 0 heterocycles. The summed E-state index contributed by atoms with van der Waals surface area (Å²) in [6.07, 6.45) is 1.71. The van der Waals surface area contributed by atoms with Gasteiger partial charge in [0.1, 0.15) is 0 Å². The van der Waals surface area contributed by atoms with Crippen LogP contribution in [0.4, 0.5) is 0 Å². The third-order valence-electron chi connectivity index (χ3n) is 2.16. The van der Waals surface area contributed by atoms with E-state index in [2.05, 4.69) is 5.32 Å². The molecule has 80 valence electrons. The van der Waals surface area contributed by atoms with Crippen molar-refractivity contribution in [1.29, 1.82) is 0 Å². The number of carboxylic acid groups (broad SMARTS) is 1. The van der Waals surface area contributed by atoms with Crippen molar-refractivity contribution in [1.82, 2.24) is 5.32 Å². The lowest BCUT2D eigenvalue weighted by atomic mass is 10.1. The second kappa shape index (κ2) is 5.20. The van der Waals surface area contributed by atoms with Crippen LogP contribution >= 0.6 is 0 Å². The number of carboxylic acids is 1. The van der Waals surface area contributed by atoms with Crippen LogP contribution in [0.1, 0.15) is 12.5 Å². The van der Waals surface area contributed by atoms with Crippen LogP contribution in [0.2, 0.25) is 0 Å². The molecule has 0 aliphatic heterocycles. The monoisotopic (exact) mass is 205 g/mol. The van der Waals surface area contributed by atoms with Gasteiger partial charge < -0.3 is 10.4 Å². The summed E-state index contributed by atoms with van der Waals surface area (Å²) in [5.41, 5.74) is 1.83. The van der Waals surface area contributed by atoms with Gasteiger partial charge in [0.25, 0.3) is 0 Å². The SMILES string of the molecule is CN/C(=C\C(C)C(=O)O)c1ccccc1. The van der Waals surface area contributed by atoms with Crippen LogP contribution in [-0.2, 0) is 4.79 Å². The minimum absolute atomic E-state index is 0.493. The van der Waals surface area contributed by atoms with E-state index in [1.807, 2.05) is 30.3 Å². The molecule has 0 bridgehead atoms. The zero-order valence-corrected chi connectivity index (χ0v) is 8.90. The average Bonchev–Trinajstić information content (AvgIpc) is 2.26. The second-order valence-electron chi connectivity index (χ2n) is 3.32. The van der Waals surface area contributed by atoms with E-state index in [1.54, 1.807) is 20.0 Å². The third kappa shape index (κ3) is 3.13. The minimum atomic E-state index is -0.821. The highest BCUT2D eigenvalue weighted by Crippen LogP contribution is 2.13. The van der Waals surface area contributed by atoms with Crippen molar-refractivity contribution in [3.05, 3.63) is 42.0 Å². The van der Waals surface area contributed by atoms with Crippen molar-refractivity contribution in [3.63, 3.8) is 0 Å². The topological polar surface area (TPSA) is 49.3 Å². The summed E-state index contributed by atoms with van der Waals surface area (Å²) in [4.78, 5) is 10.7. The minimum Gasteiger partial charge on any atom is -0.481 e. The van der Waals surface area contributed by atoms with E-state index in [4.69, 9.17) is 5.11 Å². The van der Waals surface area contributed by atoms with Gasteiger partial charge in [-0.2, -0.15) is 0 Å². The predicted octanol–water partition coefficient (Wildman–Crippen LogP) is 1.97. The molecule has 15 heavy (non-hydrogen) atoms. The van der Waals surface area contributed by atoms with Crippen molar-refractivity contribution in [2.75, 3.05) is 7.05 Å². The molecule has 0 amide bonds. The maximum Gasteiger partial charge on any atom is 0.310 e. The van der Waals surface area contributed by atoms with Gasteiger partial charge in [0.05, 0.1) is 5.92 Å². The molecule has 1 rings (SSSR count). The van der Waals surface area contributed by atoms with Crippen molar-refractivity contribution in [2.24, 2.45) is 5.92 Å². The molecule has 1 unspecified atom stereocenters. The van der Waals surface area contributed by atoms with Gasteiger partial charge in [0.15, 0.2) is 0 Å². The van der Waals surface area contributed by atoms with E-state index in [0.29, 0.717) is 0 Å². The lowest BCUT2D eigenvalue weighted by molar-refractivity contribution is -0.139. The van der Waals surface area contributed by atoms with E-state index in [9.17, 15) is 4.79 Å². The molecular weight excluding hydrogens is 190 g/mol. The summed E-state index contributed by atoms with van der Waals surface area (Å²) in [5.74, 6) is -1.31. The first-order chi connectivity index (χ1) is 7.15. The number of hydrogen-bond acceptors (Lipinski definition) is 2. The first kappa shape index (κ1) is 11.3. The quantitative estimate of drug-likeness (QED) is 0.790. The van der Waals surface area contributed by atoms with Crippen molar-refractivity contribution in [2.45, 2.75) is 6.92 Å². The Morgan fingerprint density at radius 3 is 2.47 bits per heavy atom. The van der Waals surface area contributed by atoms with E-state index < -0.39 is 11.9 Å². The fraction of sp³-hybridized carbons (Fsp3) is 0.250. The van der Waals surface area contributed by atoms with Gasteiger partial charge in [-0.15, -0.1) is 0 Å². The molecule has 2 N–H and O–H groups in total. The Kier molecular flexibility index (Phi) is 3.92. The Labute approximate surface area is 89.4 Å². The first-order valence-electron chi connectivity index (χ1n) is 4.83. The molecule has 0 radical (unpaired) electrons. The molecule has 0 saturated carbocycles. The van der Waals surface area contributed by atoms with Gasteiger partial charge in [-0.3, -0.25) is 4.79 Å². The second-order valence-corrected chi connectivity index (χ2v) is 3.32. The maximum atomic E-state index is 10.7. The standard InChI is InChI=1S/C12H15NO2/c1-9(12(14)15)8-11(13-2)10-6-4-3-5-7-10/h3-9,13H,1-2H3,(H,14,15)/b11-8-. The number of carbonyl (C=O) groups is 1. The van der Waals surface area contributed by atoms with Crippen LogP contribution in [0.5, 0.6) is 0 Å². The summed E-state index contributed by atoms with van der Waals surface area (Å²) in [6.45, 7) is 1.66. The summed E-state index contributed by atoms with van der Waals surface area (Å²) < 4.78 is 0. The molecule has 3 heteroatoms. The Balaban J connectivity index is 2.94. The molecule has 1 aromatic carbocycles. The Bertz CT molecular complexity index is 357. The highest BCUT2D eigenvalue weighted by molar-refractivity contribution is 5.75. The van der Waals surface area contributed by atoms with E-state index >= 15 is 0 Å². The molecule has 3 nitrogen and oxygen atoms in total. The third-order valence-corrected chi connectivity index (χ3v) is 2.16. The molecule has 0 aliphatic carbocycles. The van der Waals surface area contributed by atoms with Crippen LogP contribution in [0.25, 0.3) is 5.70 Å². The fourth-order valence-electron chi connectivity index (χ4n) is 1.26. The van der Waals surface area contributed by atoms with E-state index in [-0.39, 0.29) is 0 Å². The molecule has 0 fully saturated rings. The summed E-state index contributed by atoms with van der Waals surface area (Å²) in [5, 5.41) is 11.8. The fourth-order valence-corrected chi connectivity index (χ4v) is 1.26. The van der Waals surface area contributed by atoms with Crippen LogP contribution < -0.4 is 5.32 Å². The number of aliphatic carboxylic acids is 1. The maximum absolute atomic E-state index is 10.7. The summed E-state index contributed by atoms with van der Waals surface area (Å²) in [7, 11) is 1.79. The summed E-state index contributed by atoms with van der Waals surface area (Å²) >= 11 is 0. The molecule has 0 spiro atoms. The highest BCUT2D eigenvalue weighted by atomic mass is 16.4.